The summed E-state index contributed by atoms with van der Waals surface area (Å²) in [6.45, 7) is 5.97. The first-order valence-corrected chi connectivity index (χ1v) is 7.75. The molecule has 1 rings (SSSR count). The molecule has 1 amide bonds. The van der Waals surface area contributed by atoms with Crippen LogP contribution in [-0.4, -0.2) is 37.4 Å². The van der Waals surface area contributed by atoms with E-state index in [4.69, 9.17) is 13.8 Å². The normalized spacial score (nSPS) is 19.0. The number of amides is 1. The summed E-state index contributed by atoms with van der Waals surface area (Å²) >= 11 is 0. The van der Waals surface area contributed by atoms with Crippen LogP contribution in [0.5, 0.6) is 0 Å². The van der Waals surface area contributed by atoms with E-state index in [-0.39, 0.29) is 0 Å². The predicted molar refractivity (Wildman–Crippen MR) is 71.9 cm³/mol. The molecule has 6 nitrogen and oxygen atoms in total. The van der Waals surface area contributed by atoms with Crippen molar-refractivity contribution in [3.8, 4) is 0 Å². The lowest BCUT2D eigenvalue weighted by Crippen LogP contribution is -2.34. The zero-order valence-corrected chi connectivity index (χ0v) is 13.0. The quantitative estimate of drug-likeness (QED) is 0.746. The first-order valence-electron chi connectivity index (χ1n) is 6.14. The number of ether oxygens (including phenoxy) is 1. The second kappa shape index (κ2) is 6.07. The van der Waals surface area contributed by atoms with E-state index in [1.54, 1.807) is 20.8 Å². The highest BCUT2D eigenvalue weighted by Crippen LogP contribution is 2.50. The Morgan fingerprint density at radius 3 is 2.37 bits per heavy atom. The topological polar surface area (TPSA) is 65.1 Å². The molecular formula is C12H22NO5P. The number of carbonyl (C=O) groups is 1. The summed E-state index contributed by atoms with van der Waals surface area (Å²) in [6.07, 6.45) is 1.02. The van der Waals surface area contributed by atoms with Crippen molar-refractivity contribution in [1.29, 1.82) is 0 Å². The Balaban J connectivity index is 2.88. The van der Waals surface area contributed by atoms with Gasteiger partial charge in [-0.1, -0.05) is 0 Å². The average molecular weight is 291 g/mol. The van der Waals surface area contributed by atoms with Crippen LogP contribution in [0.25, 0.3) is 0 Å². The number of likely N-dealkylation sites (tertiary alicyclic amines) is 1. The summed E-state index contributed by atoms with van der Waals surface area (Å²) < 4.78 is 27.1. The number of hydrogen-bond donors (Lipinski definition) is 0. The van der Waals surface area contributed by atoms with Crippen LogP contribution in [0, 0.1) is 0 Å². The maximum Gasteiger partial charge on any atom is 0.414 e. The minimum atomic E-state index is -3.27. The highest BCUT2D eigenvalue weighted by atomic mass is 31.2. The number of allylic oxidation sites excluding steroid dienone is 1. The zero-order chi connectivity index (χ0) is 14.7. The van der Waals surface area contributed by atoms with Gasteiger partial charge in [0, 0.05) is 32.3 Å². The number of carbonyl (C=O) groups excluding carboxylic acids is 1. The van der Waals surface area contributed by atoms with E-state index in [1.807, 2.05) is 0 Å². The molecule has 0 aromatic rings. The van der Waals surface area contributed by atoms with Crippen LogP contribution in [0.15, 0.2) is 11.5 Å². The smallest absolute Gasteiger partial charge is 0.414 e. The van der Waals surface area contributed by atoms with E-state index < -0.39 is 19.3 Å². The Morgan fingerprint density at radius 2 is 1.89 bits per heavy atom. The van der Waals surface area contributed by atoms with E-state index in [0.717, 1.165) is 6.42 Å². The molecule has 1 heterocycles. The van der Waals surface area contributed by atoms with Gasteiger partial charge in [-0.3, -0.25) is 9.46 Å². The molecule has 1 saturated heterocycles. The molecule has 0 aromatic heterocycles. The van der Waals surface area contributed by atoms with Crippen molar-refractivity contribution in [2.75, 3.05) is 20.8 Å². The Labute approximate surface area is 114 Å². The Hall–Kier alpha value is -0.840. The van der Waals surface area contributed by atoms with Crippen molar-refractivity contribution in [2.45, 2.75) is 39.2 Å². The van der Waals surface area contributed by atoms with E-state index in [2.05, 4.69) is 0 Å². The molecule has 0 aromatic carbocycles. The summed E-state index contributed by atoms with van der Waals surface area (Å²) in [4.78, 5) is 13.5. The van der Waals surface area contributed by atoms with Crippen molar-refractivity contribution in [3.63, 3.8) is 0 Å². The van der Waals surface area contributed by atoms with Gasteiger partial charge in [0.2, 0.25) is 0 Å². The van der Waals surface area contributed by atoms with Crippen molar-refractivity contribution in [2.24, 2.45) is 0 Å². The molecule has 0 unspecified atom stereocenters. The van der Waals surface area contributed by atoms with E-state index in [9.17, 15) is 9.36 Å². The molecule has 1 aliphatic rings. The molecule has 1 aliphatic heterocycles. The summed E-state index contributed by atoms with van der Waals surface area (Å²) in [6, 6.07) is 0. The van der Waals surface area contributed by atoms with Gasteiger partial charge >= 0.3 is 13.7 Å². The third-order valence-electron chi connectivity index (χ3n) is 2.59. The van der Waals surface area contributed by atoms with Gasteiger partial charge in [-0.2, -0.15) is 0 Å². The van der Waals surface area contributed by atoms with Crippen LogP contribution in [0.2, 0.25) is 0 Å². The van der Waals surface area contributed by atoms with Crippen LogP contribution in [0.1, 0.15) is 33.6 Å². The summed E-state index contributed by atoms with van der Waals surface area (Å²) in [5, 5.41) is 0. The third kappa shape index (κ3) is 4.64. The van der Waals surface area contributed by atoms with Crippen molar-refractivity contribution in [3.05, 3.63) is 11.5 Å². The third-order valence-corrected chi connectivity index (χ3v) is 4.22. The van der Waals surface area contributed by atoms with E-state index in [1.165, 1.54) is 24.9 Å². The zero-order valence-electron chi connectivity index (χ0n) is 12.1. The highest BCUT2D eigenvalue weighted by Gasteiger charge is 2.31. The van der Waals surface area contributed by atoms with Gasteiger partial charge in [-0.15, -0.1) is 0 Å². The van der Waals surface area contributed by atoms with Gasteiger partial charge in [0.1, 0.15) is 5.60 Å². The Bertz CT molecular complexity index is 405. The second-order valence-corrected chi connectivity index (χ2v) is 7.33. The molecule has 1 fully saturated rings. The molecule has 19 heavy (non-hydrogen) atoms. The lowest BCUT2D eigenvalue weighted by atomic mass is 10.2. The fraction of sp³-hybridized carbons (Fsp3) is 0.750. The maximum atomic E-state index is 12.1. The largest absolute Gasteiger partial charge is 0.443 e. The van der Waals surface area contributed by atoms with Crippen molar-refractivity contribution >= 4 is 13.7 Å². The fourth-order valence-electron chi connectivity index (χ4n) is 1.72. The fourth-order valence-corrected chi connectivity index (χ4v) is 2.71. The van der Waals surface area contributed by atoms with Gasteiger partial charge in [0.15, 0.2) is 0 Å². The number of rotatable bonds is 3. The second-order valence-electron chi connectivity index (χ2n) is 5.26. The molecular weight excluding hydrogens is 269 g/mol. The van der Waals surface area contributed by atoms with E-state index >= 15 is 0 Å². The SMILES string of the molecule is COP(=O)(/C=C1/CCCN1C(=O)OC(C)(C)C)OC. The van der Waals surface area contributed by atoms with Crippen LogP contribution in [0.3, 0.4) is 0 Å². The predicted octanol–water partition coefficient (Wildman–Crippen LogP) is 3.34. The first-order chi connectivity index (χ1) is 8.71. The molecule has 7 heteroatoms. The Morgan fingerprint density at radius 1 is 1.32 bits per heavy atom. The van der Waals surface area contributed by atoms with Crippen LogP contribution >= 0.6 is 7.60 Å². The number of nitrogens with zero attached hydrogens (tertiary/aromatic N) is 1. The monoisotopic (exact) mass is 291 g/mol. The molecule has 0 spiro atoms. The van der Waals surface area contributed by atoms with Gasteiger partial charge < -0.3 is 13.8 Å². The minimum Gasteiger partial charge on any atom is -0.443 e. The summed E-state index contributed by atoms with van der Waals surface area (Å²) in [7, 11) is -0.643. The van der Waals surface area contributed by atoms with Gasteiger partial charge in [0.05, 0.1) is 0 Å². The molecule has 0 radical (unpaired) electrons. The van der Waals surface area contributed by atoms with Gasteiger partial charge in [-0.25, -0.2) is 4.79 Å². The molecule has 0 atom stereocenters. The van der Waals surface area contributed by atoms with Crippen LogP contribution in [0.4, 0.5) is 4.79 Å². The lowest BCUT2D eigenvalue weighted by molar-refractivity contribution is 0.0339. The number of hydrogen-bond acceptors (Lipinski definition) is 5. The molecule has 0 N–H and O–H groups in total. The molecule has 0 saturated carbocycles. The van der Waals surface area contributed by atoms with E-state index in [0.29, 0.717) is 18.7 Å². The summed E-state index contributed by atoms with van der Waals surface area (Å²) in [5.74, 6) is 1.39. The molecule has 110 valence electrons. The first kappa shape index (κ1) is 16.2. The summed E-state index contributed by atoms with van der Waals surface area (Å²) in [5.41, 5.74) is 0.0676. The lowest BCUT2D eigenvalue weighted by Gasteiger charge is -2.25. The minimum absolute atomic E-state index is 0.435. The van der Waals surface area contributed by atoms with Gasteiger partial charge in [-0.05, 0) is 33.6 Å². The Kier molecular flexibility index (Phi) is 5.18. The van der Waals surface area contributed by atoms with Crippen LogP contribution in [-0.2, 0) is 18.3 Å². The maximum absolute atomic E-state index is 12.1. The van der Waals surface area contributed by atoms with Crippen molar-refractivity contribution < 1.29 is 23.1 Å². The van der Waals surface area contributed by atoms with Crippen molar-refractivity contribution in [1.82, 2.24) is 4.90 Å². The average Bonchev–Trinajstić information content (AvgIpc) is 2.74. The van der Waals surface area contributed by atoms with Crippen LogP contribution < -0.4 is 0 Å². The molecule has 0 aliphatic carbocycles. The highest BCUT2D eigenvalue weighted by molar-refractivity contribution is 7.57. The standard InChI is InChI=1S/C12H22NO5P/c1-12(2,3)18-11(14)13-8-6-7-10(13)9-19(15,16-4)17-5/h9H,6-8H2,1-5H3/b10-9-. The van der Waals surface area contributed by atoms with Gasteiger partial charge in [0.25, 0.3) is 0 Å². The molecule has 0 bridgehead atoms.